The van der Waals surface area contributed by atoms with Gasteiger partial charge >= 0.3 is 0 Å². The van der Waals surface area contributed by atoms with Crippen LogP contribution in [-0.4, -0.2) is 22.1 Å². The summed E-state index contributed by atoms with van der Waals surface area (Å²) in [6.07, 6.45) is 2.79. The first-order valence-corrected chi connectivity index (χ1v) is 7.84. The molecule has 7 heteroatoms. The predicted molar refractivity (Wildman–Crippen MR) is 77.3 cm³/mol. The van der Waals surface area contributed by atoms with Crippen LogP contribution in [0.25, 0.3) is 11.4 Å². The van der Waals surface area contributed by atoms with Crippen molar-refractivity contribution in [1.29, 1.82) is 0 Å². The van der Waals surface area contributed by atoms with Gasteiger partial charge in [0, 0.05) is 5.56 Å². The molecule has 0 saturated heterocycles. The lowest BCUT2D eigenvalue weighted by Crippen LogP contribution is -2.11. The van der Waals surface area contributed by atoms with E-state index in [-0.39, 0.29) is 11.9 Å². The number of aromatic nitrogens is 2. The summed E-state index contributed by atoms with van der Waals surface area (Å²) < 4.78 is 18.7. The second-order valence-electron chi connectivity index (χ2n) is 3.97. The van der Waals surface area contributed by atoms with Gasteiger partial charge in [-0.3, -0.25) is 0 Å². The molecule has 0 fully saturated rings. The van der Waals surface area contributed by atoms with Crippen LogP contribution in [-0.2, 0) is 0 Å². The van der Waals surface area contributed by atoms with E-state index < -0.39 is 0 Å². The standard InChI is InChI=1S/C12H13BrFN3OS/c1-19-5-4-10(15)12-16-11(17-18-12)7-2-3-9(14)8(13)6-7/h2-3,6,10H,4-5,15H2,1H3/t10-/m1/s1. The van der Waals surface area contributed by atoms with Crippen molar-refractivity contribution < 1.29 is 8.91 Å². The lowest BCUT2D eigenvalue weighted by molar-refractivity contribution is 0.353. The lowest BCUT2D eigenvalue weighted by atomic mass is 10.2. The molecule has 0 unspecified atom stereocenters. The van der Waals surface area contributed by atoms with Gasteiger partial charge in [-0.15, -0.1) is 0 Å². The van der Waals surface area contributed by atoms with E-state index >= 15 is 0 Å². The molecule has 0 spiro atoms. The van der Waals surface area contributed by atoms with Crippen LogP contribution in [0.2, 0.25) is 0 Å². The van der Waals surface area contributed by atoms with Crippen LogP contribution in [0.4, 0.5) is 4.39 Å². The van der Waals surface area contributed by atoms with E-state index in [1.165, 1.54) is 6.07 Å². The molecular formula is C12H13BrFN3OS. The molecule has 4 nitrogen and oxygen atoms in total. The first kappa shape index (κ1) is 14.5. The smallest absolute Gasteiger partial charge is 0.243 e. The van der Waals surface area contributed by atoms with Gasteiger partial charge < -0.3 is 10.3 Å². The number of halogens is 2. The number of thioether (sulfide) groups is 1. The van der Waals surface area contributed by atoms with Crippen LogP contribution in [0.15, 0.2) is 27.2 Å². The summed E-state index contributed by atoms with van der Waals surface area (Å²) in [6, 6.07) is 4.29. The quantitative estimate of drug-likeness (QED) is 0.899. The van der Waals surface area contributed by atoms with Crippen LogP contribution >= 0.6 is 27.7 Å². The Labute approximate surface area is 123 Å². The van der Waals surface area contributed by atoms with Crippen LogP contribution in [0, 0.1) is 5.82 Å². The average Bonchev–Trinajstić information content (AvgIpc) is 2.89. The number of nitrogens with zero attached hydrogens (tertiary/aromatic N) is 2. The molecule has 2 N–H and O–H groups in total. The maximum Gasteiger partial charge on any atom is 0.243 e. The summed E-state index contributed by atoms with van der Waals surface area (Å²) in [5, 5.41) is 3.87. The topological polar surface area (TPSA) is 64.9 Å². The van der Waals surface area contributed by atoms with Gasteiger partial charge in [0.15, 0.2) is 0 Å². The van der Waals surface area contributed by atoms with Crippen LogP contribution in [0.1, 0.15) is 18.4 Å². The van der Waals surface area contributed by atoms with Crippen LogP contribution < -0.4 is 5.73 Å². The highest BCUT2D eigenvalue weighted by atomic mass is 79.9. The van der Waals surface area contributed by atoms with E-state index in [9.17, 15) is 4.39 Å². The minimum atomic E-state index is -0.329. The van der Waals surface area contributed by atoms with Crippen molar-refractivity contribution in [3.8, 4) is 11.4 Å². The maximum absolute atomic E-state index is 13.2. The highest BCUT2D eigenvalue weighted by Crippen LogP contribution is 2.24. The third kappa shape index (κ3) is 3.55. The average molecular weight is 346 g/mol. The van der Waals surface area contributed by atoms with Gasteiger partial charge in [-0.25, -0.2) is 4.39 Å². The molecule has 0 bridgehead atoms. The molecule has 1 aromatic carbocycles. The molecule has 2 aromatic rings. The Morgan fingerprint density at radius 3 is 3.00 bits per heavy atom. The van der Waals surface area contributed by atoms with E-state index in [2.05, 4.69) is 26.1 Å². The Kier molecular flexibility index (Phi) is 4.95. The Morgan fingerprint density at radius 1 is 1.53 bits per heavy atom. The largest absolute Gasteiger partial charge is 0.337 e. The van der Waals surface area contributed by atoms with Crippen molar-refractivity contribution in [3.63, 3.8) is 0 Å². The van der Waals surface area contributed by atoms with Crippen molar-refractivity contribution in [2.75, 3.05) is 12.0 Å². The zero-order chi connectivity index (χ0) is 13.8. The fourth-order valence-electron chi connectivity index (χ4n) is 1.51. The van der Waals surface area contributed by atoms with Crippen molar-refractivity contribution in [1.82, 2.24) is 10.1 Å². The highest BCUT2D eigenvalue weighted by molar-refractivity contribution is 9.10. The molecule has 2 rings (SSSR count). The molecule has 0 saturated carbocycles. The number of nitrogens with two attached hydrogens (primary N) is 1. The Morgan fingerprint density at radius 2 is 2.32 bits per heavy atom. The second kappa shape index (κ2) is 6.49. The summed E-state index contributed by atoms with van der Waals surface area (Å²) in [6.45, 7) is 0. The summed E-state index contributed by atoms with van der Waals surface area (Å²) >= 11 is 4.84. The van der Waals surface area contributed by atoms with Gasteiger partial charge in [0.05, 0.1) is 10.5 Å². The zero-order valence-electron chi connectivity index (χ0n) is 10.3. The number of benzene rings is 1. The molecule has 1 heterocycles. The fraction of sp³-hybridized carbons (Fsp3) is 0.333. The van der Waals surface area contributed by atoms with Gasteiger partial charge in [0.1, 0.15) is 5.82 Å². The monoisotopic (exact) mass is 345 g/mol. The number of hydrogen-bond donors (Lipinski definition) is 1. The first-order valence-electron chi connectivity index (χ1n) is 5.65. The molecule has 0 aliphatic heterocycles. The molecule has 19 heavy (non-hydrogen) atoms. The van der Waals surface area contributed by atoms with E-state index in [0.29, 0.717) is 21.8 Å². The predicted octanol–water partition coefficient (Wildman–Crippen LogP) is 3.39. The molecule has 102 valence electrons. The highest BCUT2D eigenvalue weighted by Gasteiger charge is 2.15. The van der Waals surface area contributed by atoms with Crippen LogP contribution in [0.5, 0.6) is 0 Å². The fourth-order valence-corrected chi connectivity index (χ4v) is 2.38. The molecule has 0 amide bonds. The minimum Gasteiger partial charge on any atom is -0.337 e. The summed E-state index contributed by atoms with van der Waals surface area (Å²) in [5.41, 5.74) is 6.63. The van der Waals surface area contributed by atoms with Gasteiger partial charge in [0.2, 0.25) is 11.7 Å². The first-order chi connectivity index (χ1) is 9.11. The molecule has 0 aliphatic carbocycles. The van der Waals surface area contributed by atoms with Crippen molar-refractivity contribution >= 4 is 27.7 Å². The summed E-state index contributed by atoms with van der Waals surface area (Å²) in [4.78, 5) is 4.25. The Bertz CT molecular complexity index is 564. The van der Waals surface area contributed by atoms with E-state index in [4.69, 9.17) is 10.3 Å². The van der Waals surface area contributed by atoms with E-state index in [1.807, 2.05) is 6.26 Å². The number of hydrogen-bond acceptors (Lipinski definition) is 5. The Balaban J connectivity index is 2.18. The lowest BCUT2D eigenvalue weighted by Gasteiger charge is -2.03. The third-order valence-corrected chi connectivity index (χ3v) is 3.82. The van der Waals surface area contributed by atoms with E-state index in [0.717, 1.165) is 12.2 Å². The van der Waals surface area contributed by atoms with E-state index in [1.54, 1.807) is 23.9 Å². The minimum absolute atomic E-state index is 0.266. The van der Waals surface area contributed by atoms with Gasteiger partial charge in [-0.05, 0) is 52.6 Å². The van der Waals surface area contributed by atoms with Gasteiger partial charge in [-0.2, -0.15) is 16.7 Å². The van der Waals surface area contributed by atoms with Crippen molar-refractivity contribution in [2.24, 2.45) is 5.73 Å². The van der Waals surface area contributed by atoms with Gasteiger partial charge in [0.25, 0.3) is 0 Å². The summed E-state index contributed by atoms with van der Waals surface area (Å²) in [5.74, 6) is 1.42. The molecule has 1 aromatic heterocycles. The maximum atomic E-state index is 13.2. The summed E-state index contributed by atoms with van der Waals surface area (Å²) in [7, 11) is 0. The zero-order valence-corrected chi connectivity index (χ0v) is 12.7. The third-order valence-electron chi connectivity index (χ3n) is 2.57. The van der Waals surface area contributed by atoms with Crippen molar-refractivity contribution in [2.45, 2.75) is 12.5 Å². The van der Waals surface area contributed by atoms with Crippen molar-refractivity contribution in [3.05, 3.63) is 34.4 Å². The molecule has 1 atom stereocenters. The van der Waals surface area contributed by atoms with Crippen LogP contribution in [0.3, 0.4) is 0 Å². The molecule has 0 radical (unpaired) electrons. The Hall–Kier alpha value is -0.920. The molecule has 0 aliphatic rings. The second-order valence-corrected chi connectivity index (χ2v) is 5.81. The normalized spacial score (nSPS) is 12.6. The SMILES string of the molecule is CSCC[C@@H](N)c1nc(-c2ccc(F)c(Br)c2)no1. The number of rotatable bonds is 5. The molecular weight excluding hydrogens is 333 g/mol. The van der Waals surface area contributed by atoms with Gasteiger partial charge in [-0.1, -0.05) is 5.16 Å².